The van der Waals surface area contributed by atoms with E-state index in [1.807, 2.05) is 0 Å². The summed E-state index contributed by atoms with van der Waals surface area (Å²) in [5, 5.41) is 2.49. The van der Waals surface area contributed by atoms with Crippen LogP contribution in [0.4, 0.5) is 0 Å². The van der Waals surface area contributed by atoms with E-state index in [0.29, 0.717) is 6.04 Å². The van der Waals surface area contributed by atoms with Gasteiger partial charge in [0.15, 0.2) is 0 Å². The van der Waals surface area contributed by atoms with E-state index in [1.165, 1.54) is 28.7 Å². The number of ether oxygens (including phenoxy) is 1. The Labute approximate surface area is 145 Å². The average Bonchev–Trinajstić information content (AvgIpc) is 2.72. The molecule has 1 aliphatic heterocycles. The van der Waals surface area contributed by atoms with Crippen LogP contribution in [0.2, 0.25) is 0 Å². The second-order valence-electron chi connectivity index (χ2n) is 6.40. The number of quaternary nitrogens is 1. The molecular formula is C20H26ClNO. The number of hydrogen-bond acceptors (Lipinski definition) is 1. The first kappa shape index (κ1) is 17.8. The smallest absolute Gasteiger partial charge is 0.128 e. The molecule has 3 heteroatoms. The summed E-state index contributed by atoms with van der Waals surface area (Å²) in [7, 11) is 0. The quantitative estimate of drug-likeness (QED) is 0.858. The van der Waals surface area contributed by atoms with Crippen LogP contribution in [0.15, 0.2) is 42.5 Å². The average molecular weight is 332 g/mol. The normalized spacial score (nSPS) is 16.7. The topological polar surface area (TPSA) is 25.8 Å². The van der Waals surface area contributed by atoms with Crippen LogP contribution in [0.3, 0.4) is 0 Å². The molecule has 124 valence electrons. The van der Waals surface area contributed by atoms with Crippen LogP contribution >= 0.6 is 0 Å². The molecule has 1 heterocycles. The minimum Gasteiger partial charge on any atom is -1.00 e. The largest absolute Gasteiger partial charge is 1.00 e. The van der Waals surface area contributed by atoms with Crippen molar-refractivity contribution in [1.29, 1.82) is 0 Å². The molecule has 3 rings (SSSR count). The Morgan fingerprint density at radius 3 is 2.57 bits per heavy atom. The summed E-state index contributed by atoms with van der Waals surface area (Å²) in [6.07, 6.45) is 3.46. The molecule has 23 heavy (non-hydrogen) atoms. The first-order valence-corrected chi connectivity index (χ1v) is 8.34. The fourth-order valence-corrected chi connectivity index (χ4v) is 3.18. The highest BCUT2D eigenvalue weighted by Gasteiger charge is 2.22. The molecule has 0 amide bonds. The number of rotatable bonds is 4. The molecule has 0 fully saturated rings. The molecule has 0 aromatic heterocycles. The second-order valence-corrected chi connectivity index (χ2v) is 6.40. The fraction of sp³-hybridized carbons (Fsp3) is 0.400. The summed E-state index contributed by atoms with van der Waals surface area (Å²) in [4.78, 5) is 0. The molecule has 2 aromatic carbocycles. The molecule has 0 aliphatic carbocycles. The van der Waals surface area contributed by atoms with E-state index in [0.717, 1.165) is 31.7 Å². The van der Waals surface area contributed by atoms with E-state index >= 15 is 0 Å². The Balaban J connectivity index is 0.00000192. The third-order valence-electron chi connectivity index (χ3n) is 4.49. The minimum atomic E-state index is 0. The summed E-state index contributed by atoms with van der Waals surface area (Å²) in [6, 6.07) is 16.0. The second kappa shape index (κ2) is 8.37. The lowest BCUT2D eigenvalue weighted by Crippen LogP contribution is -3.00. The monoisotopic (exact) mass is 331 g/mol. The summed E-state index contributed by atoms with van der Waals surface area (Å²) in [5.74, 6) is 1.08. The molecule has 0 saturated heterocycles. The maximum atomic E-state index is 5.89. The van der Waals surface area contributed by atoms with E-state index < -0.39 is 0 Å². The summed E-state index contributed by atoms with van der Waals surface area (Å²) >= 11 is 0. The Hall–Kier alpha value is -1.51. The highest BCUT2D eigenvalue weighted by atomic mass is 35.5. The van der Waals surface area contributed by atoms with Gasteiger partial charge in [0.1, 0.15) is 11.8 Å². The molecule has 1 aliphatic rings. The van der Waals surface area contributed by atoms with Crippen LogP contribution in [0.5, 0.6) is 5.75 Å². The van der Waals surface area contributed by atoms with Gasteiger partial charge in [0.05, 0.1) is 18.7 Å². The Bertz CT molecular complexity index is 624. The van der Waals surface area contributed by atoms with Gasteiger partial charge in [-0.1, -0.05) is 41.5 Å². The zero-order valence-corrected chi connectivity index (χ0v) is 14.8. The van der Waals surface area contributed by atoms with Crippen LogP contribution in [-0.4, -0.2) is 13.2 Å². The van der Waals surface area contributed by atoms with Crippen molar-refractivity contribution in [2.24, 2.45) is 0 Å². The summed E-state index contributed by atoms with van der Waals surface area (Å²) < 4.78 is 5.89. The highest BCUT2D eigenvalue weighted by molar-refractivity contribution is 5.38. The van der Waals surface area contributed by atoms with Gasteiger partial charge in [0.2, 0.25) is 0 Å². The molecule has 0 radical (unpaired) electrons. The van der Waals surface area contributed by atoms with Gasteiger partial charge in [-0.25, -0.2) is 0 Å². The van der Waals surface area contributed by atoms with Crippen LogP contribution < -0.4 is 22.5 Å². The molecular weight excluding hydrogens is 306 g/mol. The highest BCUT2D eigenvalue weighted by Crippen LogP contribution is 2.29. The van der Waals surface area contributed by atoms with Crippen LogP contribution in [0, 0.1) is 13.8 Å². The summed E-state index contributed by atoms with van der Waals surface area (Å²) in [6.45, 7) is 6.27. The van der Waals surface area contributed by atoms with Crippen molar-refractivity contribution in [2.45, 2.75) is 39.2 Å². The van der Waals surface area contributed by atoms with Gasteiger partial charge >= 0.3 is 0 Å². The van der Waals surface area contributed by atoms with Gasteiger partial charge in [0.25, 0.3) is 0 Å². The van der Waals surface area contributed by atoms with E-state index in [4.69, 9.17) is 4.74 Å². The predicted octanol–water partition coefficient (Wildman–Crippen LogP) is 0.327. The maximum Gasteiger partial charge on any atom is 0.128 e. The van der Waals surface area contributed by atoms with E-state index in [9.17, 15) is 0 Å². The first-order chi connectivity index (χ1) is 10.7. The number of halogens is 1. The number of aryl methyl sites for hydroxylation is 2. The SMILES string of the molecule is Cc1ccc(CC[NH2+]C2CCCOc3ccc(C)cc32)cc1.[Cl-]. The van der Waals surface area contributed by atoms with Crippen LogP contribution in [0.25, 0.3) is 0 Å². The van der Waals surface area contributed by atoms with Crippen molar-refractivity contribution in [3.63, 3.8) is 0 Å². The lowest BCUT2D eigenvalue weighted by Gasteiger charge is -2.16. The molecule has 0 saturated carbocycles. The van der Waals surface area contributed by atoms with Gasteiger partial charge in [-0.2, -0.15) is 0 Å². The number of nitrogens with two attached hydrogens (primary N) is 1. The zero-order chi connectivity index (χ0) is 15.4. The third-order valence-corrected chi connectivity index (χ3v) is 4.49. The van der Waals surface area contributed by atoms with Gasteiger partial charge < -0.3 is 22.5 Å². The zero-order valence-electron chi connectivity index (χ0n) is 14.0. The van der Waals surface area contributed by atoms with Gasteiger partial charge in [-0.3, -0.25) is 0 Å². The van der Waals surface area contributed by atoms with Crippen molar-refractivity contribution in [3.05, 3.63) is 64.7 Å². The van der Waals surface area contributed by atoms with Gasteiger partial charge in [-0.05, 0) is 38.0 Å². The Morgan fingerprint density at radius 1 is 1.04 bits per heavy atom. The van der Waals surface area contributed by atoms with Gasteiger partial charge in [-0.15, -0.1) is 0 Å². The standard InChI is InChI=1S/C20H25NO.ClH/c1-15-5-8-17(9-6-15)11-12-21-19-4-3-13-22-20-10-7-16(2)14-18(19)20;/h5-10,14,19,21H,3-4,11-13H2,1-2H3;1H. The van der Waals surface area contributed by atoms with Crippen molar-refractivity contribution in [2.75, 3.05) is 13.2 Å². The Kier molecular flexibility index (Phi) is 6.49. The molecule has 2 N–H and O–H groups in total. The first-order valence-electron chi connectivity index (χ1n) is 8.34. The third kappa shape index (κ3) is 4.73. The number of fused-ring (bicyclic) bond motifs is 1. The predicted molar refractivity (Wildman–Crippen MR) is 90.3 cm³/mol. The minimum absolute atomic E-state index is 0. The van der Waals surface area contributed by atoms with Crippen molar-refractivity contribution in [1.82, 2.24) is 0 Å². The molecule has 1 atom stereocenters. The lowest BCUT2D eigenvalue weighted by molar-refractivity contribution is -0.696. The van der Waals surface area contributed by atoms with Crippen LogP contribution in [-0.2, 0) is 6.42 Å². The van der Waals surface area contributed by atoms with E-state index in [2.05, 4.69) is 61.6 Å². The van der Waals surface area contributed by atoms with Crippen molar-refractivity contribution >= 4 is 0 Å². The molecule has 2 aromatic rings. The molecule has 0 spiro atoms. The van der Waals surface area contributed by atoms with E-state index in [1.54, 1.807) is 0 Å². The number of hydrogen-bond donors (Lipinski definition) is 1. The van der Waals surface area contributed by atoms with E-state index in [-0.39, 0.29) is 12.4 Å². The maximum absolute atomic E-state index is 5.89. The molecule has 1 unspecified atom stereocenters. The van der Waals surface area contributed by atoms with Crippen molar-refractivity contribution in [3.8, 4) is 5.75 Å². The molecule has 2 nitrogen and oxygen atoms in total. The van der Waals surface area contributed by atoms with Crippen molar-refractivity contribution < 1.29 is 22.5 Å². The fourth-order valence-electron chi connectivity index (χ4n) is 3.18. The number of benzene rings is 2. The van der Waals surface area contributed by atoms with Crippen LogP contribution in [0.1, 0.15) is 41.1 Å². The molecule has 0 bridgehead atoms. The van der Waals surface area contributed by atoms with Gasteiger partial charge in [0, 0.05) is 12.8 Å². The lowest BCUT2D eigenvalue weighted by atomic mass is 9.99. The summed E-state index contributed by atoms with van der Waals surface area (Å²) in [5.41, 5.74) is 5.46. The Morgan fingerprint density at radius 2 is 1.78 bits per heavy atom.